The number of halogens is 1. The maximum absolute atomic E-state index is 13.5. The second-order valence-corrected chi connectivity index (χ2v) is 8.69. The first kappa shape index (κ1) is 24.3. The van der Waals surface area contributed by atoms with Gasteiger partial charge in [0.2, 0.25) is 5.52 Å². The minimum Gasteiger partial charge on any atom is -0.480 e. The molecule has 0 saturated carbocycles. The van der Waals surface area contributed by atoms with Gasteiger partial charge in [0.05, 0.1) is 5.52 Å². The topological polar surface area (TPSA) is 95.9 Å². The summed E-state index contributed by atoms with van der Waals surface area (Å²) in [6.45, 7) is 12.2. The second-order valence-electron chi connectivity index (χ2n) is 8.69. The van der Waals surface area contributed by atoms with E-state index < -0.39 is 23.5 Å². The van der Waals surface area contributed by atoms with Gasteiger partial charge in [-0.2, -0.15) is 4.98 Å². The normalized spacial score (nSPS) is 19.5. The number of hydrogen-bond donors (Lipinski definition) is 1. The van der Waals surface area contributed by atoms with Gasteiger partial charge in [0, 0.05) is 32.2 Å². The van der Waals surface area contributed by atoms with Gasteiger partial charge in [-0.15, -0.1) is 4.98 Å². The summed E-state index contributed by atoms with van der Waals surface area (Å²) < 4.78 is 14.9. The zero-order valence-corrected chi connectivity index (χ0v) is 19.8. The summed E-state index contributed by atoms with van der Waals surface area (Å²) in [5, 5.41) is 10.1. The smallest absolute Gasteiger partial charge is 0.350 e. The van der Waals surface area contributed by atoms with Gasteiger partial charge in [-0.05, 0) is 42.7 Å². The molecule has 3 heterocycles. The zero-order chi connectivity index (χ0) is 25.3. The van der Waals surface area contributed by atoms with E-state index in [1.807, 2.05) is 23.6 Å². The fraction of sp³-hybridized carbons (Fsp3) is 0.400. The molecule has 10 heteroatoms. The number of hydrogen-bond acceptors (Lipinski definition) is 6. The molecule has 1 fully saturated rings. The summed E-state index contributed by atoms with van der Waals surface area (Å²) in [5.41, 5.74) is 1.13. The molecule has 1 aliphatic heterocycles. The van der Waals surface area contributed by atoms with Crippen molar-refractivity contribution in [1.29, 1.82) is 0 Å². The van der Waals surface area contributed by atoms with Gasteiger partial charge in [0.25, 0.3) is 5.82 Å². The molecule has 1 N–H and O–H groups in total. The molecule has 1 aliphatic rings. The van der Waals surface area contributed by atoms with Gasteiger partial charge in [-0.3, -0.25) is 14.3 Å². The Morgan fingerprint density at radius 3 is 2.43 bits per heavy atom. The van der Waals surface area contributed by atoms with E-state index in [1.54, 1.807) is 19.2 Å². The van der Waals surface area contributed by atoms with Crippen molar-refractivity contribution < 1.29 is 14.3 Å². The van der Waals surface area contributed by atoms with E-state index >= 15 is 0 Å². The molecular weight excluding hydrogens is 451 g/mol. The average molecular weight is 479 g/mol. The fourth-order valence-electron chi connectivity index (χ4n) is 4.84. The van der Waals surface area contributed by atoms with Crippen LogP contribution in [0.3, 0.4) is 0 Å². The van der Waals surface area contributed by atoms with Crippen LogP contribution < -0.4 is 10.6 Å². The molecule has 9 nitrogen and oxygen atoms in total. The Morgan fingerprint density at radius 2 is 1.83 bits per heavy atom. The van der Waals surface area contributed by atoms with Crippen molar-refractivity contribution in [3.63, 3.8) is 0 Å². The summed E-state index contributed by atoms with van der Waals surface area (Å²) in [5.74, 6) is -0.803. The lowest BCUT2D eigenvalue weighted by Crippen LogP contribution is -2.60. The van der Waals surface area contributed by atoms with Crippen molar-refractivity contribution in [2.75, 3.05) is 18.0 Å². The third kappa shape index (κ3) is 4.47. The molecular formula is C25H27FN6O3. The minimum atomic E-state index is -1.00. The number of piperazine rings is 1. The van der Waals surface area contributed by atoms with Gasteiger partial charge in [0.15, 0.2) is 5.82 Å². The van der Waals surface area contributed by atoms with Crippen molar-refractivity contribution in [1.82, 2.24) is 19.4 Å². The van der Waals surface area contributed by atoms with Gasteiger partial charge >= 0.3 is 11.7 Å². The number of aryl methyl sites for hydroxylation is 1. The molecule has 182 valence electrons. The molecule has 0 aliphatic carbocycles. The second kappa shape index (κ2) is 9.80. The third-order valence-corrected chi connectivity index (χ3v) is 6.74. The van der Waals surface area contributed by atoms with Gasteiger partial charge in [0.1, 0.15) is 11.9 Å². The van der Waals surface area contributed by atoms with Gasteiger partial charge < -0.3 is 14.9 Å². The molecule has 1 saturated heterocycles. The van der Waals surface area contributed by atoms with E-state index in [-0.39, 0.29) is 17.9 Å². The molecule has 35 heavy (non-hydrogen) atoms. The van der Waals surface area contributed by atoms with Crippen LogP contribution in [0, 0.1) is 12.4 Å². The van der Waals surface area contributed by atoms with Crippen LogP contribution >= 0.6 is 0 Å². The number of fused-ring (bicyclic) bond motifs is 1. The number of aliphatic carboxylic acids is 1. The monoisotopic (exact) mass is 478 g/mol. The number of anilines is 1. The highest BCUT2D eigenvalue weighted by Crippen LogP contribution is 2.34. The standard InChI is InChI=1S/C25H27FN6O3/c1-5-17-14-32(23-21-19(30(4)25(35)29-23)11-12-20(27-3)28-21)18(6-2)13-31(17)22(24(33)34)15-7-9-16(26)10-8-15/h7-12,17-18,22H,5-6,13-14H2,1-2,4H3,(H,33,34)/t17-,18+,22?/m1/s1. The lowest BCUT2D eigenvalue weighted by Gasteiger charge is -2.48. The first-order valence-electron chi connectivity index (χ1n) is 11.5. The molecule has 0 radical (unpaired) electrons. The van der Waals surface area contributed by atoms with E-state index in [9.17, 15) is 19.1 Å². The number of pyridine rings is 1. The molecule has 1 unspecified atom stereocenters. The van der Waals surface area contributed by atoms with Crippen LogP contribution in [0.15, 0.2) is 41.2 Å². The maximum atomic E-state index is 13.5. The average Bonchev–Trinajstić information content (AvgIpc) is 2.86. The number of carbonyl (C=O) groups is 1. The molecule has 3 aromatic rings. The van der Waals surface area contributed by atoms with E-state index in [1.165, 1.54) is 28.8 Å². The Hall–Kier alpha value is -3.84. The highest BCUT2D eigenvalue weighted by Gasteiger charge is 2.41. The first-order valence-corrected chi connectivity index (χ1v) is 11.5. The Bertz CT molecular complexity index is 1350. The molecule has 0 bridgehead atoms. The van der Waals surface area contributed by atoms with E-state index in [0.29, 0.717) is 48.3 Å². The van der Waals surface area contributed by atoms with E-state index in [4.69, 9.17) is 6.57 Å². The molecule has 2 aromatic heterocycles. The van der Waals surface area contributed by atoms with Crippen molar-refractivity contribution in [3.05, 3.63) is 69.7 Å². The molecule has 0 spiro atoms. The third-order valence-electron chi connectivity index (χ3n) is 6.74. The first-order chi connectivity index (χ1) is 16.8. The minimum absolute atomic E-state index is 0.152. The lowest BCUT2D eigenvalue weighted by atomic mass is 9.96. The molecule has 1 aromatic carbocycles. The quantitative estimate of drug-likeness (QED) is 0.542. The molecule has 0 amide bonds. The van der Waals surface area contributed by atoms with Crippen molar-refractivity contribution in [3.8, 4) is 0 Å². The largest absolute Gasteiger partial charge is 0.480 e. The van der Waals surface area contributed by atoms with Crippen molar-refractivity contribution >= 4 is 28.6 Å². The van der Waals surface area contributed by atoms with Crippen LogP contribution in [-0.2, 0) is 11.8 Å². The number of carboxylic acids is 1. The van der Waals surface area contributed by atoms with Crippen LogP contribution in [0.4, 0.5) is 16.0 Å². The Morgan fingerprint density at radius 1 is 1.14 bits per heavy atom. The van der Waals surface area contributed by atoms with Gasteiger partial charge in [-0.25, -0.2) is 9.18 Å². The summed E-state index contributed by atoms with van der Waals surface area (Å²) in [6, 6.07) is 7.59. The fourth-order valence-corrected chi connectivity index (χ4v) is 4.84. The number of benzene rings is 1. The van der Waals surface area contributed by atoms with E-state index in [2.05, 4.69) is 14.8 Å². The number of carboxylic acid groups (broad SMARTS) is 1. The predicted molar refractivity (Wildman–Crippen MR) is 130 cm³/mol. The highest BCUT2D eigenvalue weighted by atomic mass is 19.1. The number of aromatic nitrogens is 3. The van der Waals surface area contributed by atoms with Crippen LogP contribution in [-0.4, -0.2) is 55.7 Å². The lowest BCUT2D eigenvalue weighted by molar-refractivity contribution is -0.145. The SMILES string of the molecule is [C-]#[N+]c1ccc2c(n1)c(N1C[C@@H](CC)N(C(C(=O)O)c3ccc(F)cc3)C[C@@H]1CC)nc(=O)n2C. The summed E-state index contributed by atoms with van der Waals surface area (Å²) in [4.78, 5) is 41.3. The Kier molecular flexibility index (Phi) is 6.80. The van der Waals surface area contributed by atoms with Crippen molar-refractivity contribution in [2.24, 2.45) is 7.05 Å². The summed E-state index contributed by atoms with van der Waals surface area (Å²) in [7, 11) is 1.62. The van der Waals surface area contributed by atoms with Crippen molar-refractivity contribution in [2.45, 2.75) is 44.8 Å². The predicted octanol–water partition coefficient (Wildman–Crippen LogP) is 3.52. The summed E-state index contributed by atoms with van der Waals surface area (Å²) in [6.07, 6.45) is 1.32. The zero-order valence-electron chi connectivity index (χ0n) is 19.8. The van der Waals surface area contributed by atoms with Crippen LogP contribution in [0.1, 0.15) is 38.3 Å². The summed E-state index contributed by atoms with van der Waals surface area (Å²) >= 11 is 0. The molecule has 3 atom stereocenters. The Labute approximate surface area is 202 Å². The van der Waals surface area contributed by atoms with Crippen LogP contribution in [0.5, 0.6) is 0 Å². The van der Waals surface area contributed by atoms with Crippen LogP contribution in [0.2, 0.25) is 0 Å². The number of rotatable bonds is 6. The highest BCUT2D eigenvalue weighted by molar-refractivity contribution is 5.87. The molecule has 4 rings (SSSR count). The van der Waals surface area contributed by atoms with Crippen LogP contribution in [0.25, 0.3) is 15.9 Å². The van der Waals surface area contributed by atoms with E-state index in [0.717, 1.165) is 0 Å². The maximum Gasteiger partial charge on any atom is 0.350 e. The number of nitrogens with zero attached hydrogens (tertiary/aromatic N) is 6. The van der Waals surface area contributed by atoms with Gasteiger partial charge in [-0.1, -0.05) is 32.6 Å². The Balaban J connectivity index is 1.79.